The van der Waals surface area contributed by atoms with Crippen molar-refractivity contribution in [3.05, 3.63) is 41.1 Å². The summed E-state index contributed by atoms with van der Waals surface area (Å²) in [6, 6.07) is 7.29. The van der Waals surface area contributed by atoms with Crippen LogP contribution in [-0.2, 0) is 0 Å². The second kappa shape index (κ2) is 3.35. The summed E-state index contributed by atoms with van der Waals surface area (Å²) >= 11 is 0. The highest BCUT2D eigenvalue weighted by molar-refractivity contribution is 5.91. The molecule has 1 N–H and O–H groups in total. The zero-order valence-electron chi connectivity index (χ0n) is 8.61. The van der Waals surface area contributed by atoms with E-state index < -0.39 is 5.97 Å². The molecule has 0 bridgehead atoms. The summed E-state index contributed by atoms with van der Waals surface area (Å²) in [6.45, 7) is 3.94. The van der Waals surface area contributed by atoms with Gasteiger partial charge >= 0.3 is 5.97 Å². The van der Waals surface area contributed by atoms with Crippen LogP contribution in [0.5, 0.6) is 0 Å². The number of aryl methyl sites for hydroxylation is 2. The fourth-order valence-corrected chi connectivity index (χ4v) is 1.55. The number of nitrogens with zero attached hydrogens (tertiary/aromatic N) is 1. The standard InChI is InChI=1S/C12H11NO2/c1-7-3-4-9-5-6-10(12(14)15)13-11(9)8(7)2/h3-6H,1-2H3,(H,14,15). The van der Waals surface area contributed by atoms with Crippen molar-refractivity contribution < 1.29 is 9.90 Å². The van der Waals surface area contributed by atoms with Crippen molar-refractivity contribution in [1.82, 2.24) is 4.98 Å². The van der Waals surface area contributed by atoms with E-state index in [1.54, 1.807) is 6.07 Å². The van der Waals surface area contributed by atoms with Gasteiger partial charge in [0.2, 0.25) is 0 Å². The first-order valence-corrected chi connectivity index (χ1v) is 4.70. The van der Waals surface area contributed by atoms with E-state index in [9.17, 15) is 4.79 Å². The van der Waals surface area contributed by atoms with E-state index in [0.717, 1.165) is 22.0 Å². The number of aromatic carboxylic acids is 1. The molecule has 0 saturated heterocycles. The molecule has 0 spiro atoms. The maximum atomic E-state index is 10.8. The lowest BCUT2D eigenvalue weighted by molar-refractivity contribution is 0.0691. The molecule has 0 amide bonds. The molecule has 15 heavy (non-hydrogen) atoms. The Balaban J connectivity index is 2.79. The number of aromatic nitrogens is 1. The Morgan fingerprint density at radius 2 is 1.87 bits per heavy atom. The van der Waals surface area contributed by atoms with Gasteiger partial charge in [-0.2, -0.15) is 0 Å². The highest BCUT2D eigenvalue weighted by Gasteiger charge is 2.07. The highest BCUT2D eigenvalue weighted by Crippen LogP contribution is 2.19. The Morgan fingerprint density at radius 1 is 1.20 bits per heavy atom. The SMILES string of the molecule is Cc1ccc2ccc(C(=O)O)nc2c1C. The second-order valence-corrected chi connectivity index (χ2v) is 3.58. The van der Waals surface area contributed by atoms with Gasteiger partial charge in [0.1, 0.15) is 5.69 Å². The number of benzene rings is 1. The van der Waals surface area contributed by atoms with Crippen LogP contribution < -0.4 is 0 Å². The smallest absolute Gasteiger partial charge is 0.354 e. The molecule has 0 radical (unpaired) electrons. The van der Waals surface area contributed by atoms with Gasteiger partial charge < -0.3 is 5.11 Å². The van der Waals surface area contributed by atoms with Crippen LogP contribution in [0.15, 0.2) is 24.3 Å². The third-order valence-corrected chi connectivity index (χ3v) is 2.61. The Hall–Kier alpha value is -1.90. The zero-order valence-corrected chi connectivity index (χ0v) is 8.61. The molecule has 0 aliphatic heterocycles. The number of carboxylic acids is 1. The van der Waals surface area contributed by atoms with Crippen molar-refractivity contribution in [3.8, 4) is 0 Å². The summed E-state index contributed by atoms with van der Waals surface area (Å²) in [6.07, 6.45) is 0. The number of hydrogen-bond acceptors (Lipinski definition) is 2. The van der Waals surface area contributed by atoms with E-state index >= 15 is 0 Å². The van der Waals surface area contributed by atoms with Gasteiger partial charge in [-0.1, -0.05) is 18.2 Å². The topological polar surface area (TPSA) is 50.2 Å². The van der Waals surface area contributed by atoms with Crippen LogP contribution in [0.1, 0.15) is 21.6 Å². The summed E-state index contributed by atoms with van der Waals surface area (Å²) in [4.78, 5) is 14.9. The van der Waals surface area contributed by atoms with Crippen LogP contribution in [0.4, 0.5) is 0 Å². The Bertz CT molecular complexity index is 547. The first kappa shape index (κ1) is 9.65. The van der Waals surface area contributed by atoms with E-state index in [-0.39, 0.29) is 5.69 Å². The molecule has 0 unspecified atom stereocenters. The maximum Gasteiger partial charge on any atom is 0.354 e. The third-order valence-electron chi connectivity index (χ3n) is 2.61. The van der Waals surface area contributed by atoms with Crippen LogP contribution in [0, 0.1) is 13.8 Å². The van der Waals surface area contributed by atoms with Gasteiger partial charge in [0.25, 0.3) is 0 Å². The van der Waals surface area contributed by atoms with Crippen molar-refractivity contribution in [1.29, 1.82) is 0 Å². The van der Waals surface area contributed by atoms with Crippen LogP contribution >= 0.6 is 0 Å². The number of pyridine rings is 1. The average Bonchev–Trinajstić information content (AvgIpc) is 2.23. The summed E-state index contributed by atoms with van der Waals surface area (Å²) in [7, 11) is 0. The van der Waals surface area contributed by atoms with Crippen molar-refractivity contribution in [2.45, 2.75) is 13.8 Å². The lowest BCUT2D eigenvalue weighted by Gasteiger charge is -2.05. The predicted octanol–water partition coefficient (Wildman–Crippen LogP) is 2.55. The fraction of sp³-hybridized carbons (Fsp3) is 0.167. The normalized spacial score (nSPS) is 10.5. The average molecular weight is 201 g/mol. The Labute approximate surface area is 87.4 Å². The third kappa shape index (κ3) is 1.56. The Kier molecular flexibility index (Phi) is 2.15. The first-order chi connectivity index (χ1) is 7.09. The van der Waals surface area contributed by atoms with E-state index in [4.69, 9.17) is 5.11 Å². The van der Waals surface area contributed by atoms with Gasteiger partial charge in [-0.25, -0.2) is 9.78 Å². The van der Waals surface area contributed by atoms with Gasteiger partial charge in [-0.05, 0) is 31.0 Å². The van der Waals surface area contributed by atoms with Crippen molar-refractivity contribution in [3.63, 3.8) is 0 Å². The van der Waals surface area contributed by atoms with Gasteiger partial charge in [0, 0.05) is 5.39 Å². The molecular formula is C12H11NO2. The first-order valence-electron chi connectivity index (χ1n) is 4.70. The molecule has 0 saturated carbocycles. The monoisotopic (exact) mass is 201 g/mol. The largest absolute Gasteiger partial charge is 0.477 e. The van der Waals surface area contributed by atoms with Crippen LogP contribution in [0.3, 0.4) is 0 Å². The quantitative estimate of drug-likeness (QED) is 0.771. The van der Waals surface area contributed by atoms with E-state index in [1.807, 2.05) is 26.0 Å². The molecule has 0 aliphatic carbocycles. The fourth-order valence-electron chi connectivity index (χ4n) is 1.55. The van der Waals surface area contributed by atoms with Crippen molar-refractivity contribution in [2.75, 3.05) is 0 Å². The molecule has 3 nitrogen and oxygen atoms in total. The number of carboxylic acid groups (broad SMARTS) is 1. The minimum absolute atomic E-state index is 0.0937. The molecule has 0 aliphatic rings. The molecule has 76 valence electrons. The summed E-state index contributed by atoms with van der Waals surface area (Å²) in [5, 5.41) is 9.82. The summed E-state index contributed by atoms with van der Waals surface area (Å²) < 4.78 is 0. The predicted molar refractivity (Wildman–Crippen MR) is 58.2 cm³/mol. The van der Waals surface area contributed by atoms with Crippen LogP contribution in [0.2, 0.25) is 0 Å². The lowest BCUT2D eigenvalue weighted by Crippen LogP contribution is -2.00. The molecule has 1 aromatic heterocycles. The van der Waals surface area contributed by atoms with Crippen LogP contribution in [-0.4, -0.2) is 16.1 Å². The Morgan fingerprint density at radius 3 is 2.53 bits per heavy atom. The maximum absolute atomic E-state index is 10.8. The molecule has 1 heterocycles. The molecule has 2 rings (SSSR count). The van der Waals surface area contributed by atoms with Crippen LogP contribution in [0.25, 0.3) is 10.9 Å². The minimum atomic E-state index is -0.988. The molecular weight excluding hydrogens is 190 g/mol. The van der Waals surface area contributed by atoms with E-state index in [1.165, 1.54) is 6.07 Å². The number of fused-ring (bicyclic) bond motifs is 1. The number of carbonyl (C=O) groups is 1. The zero-order chi connectivity index (χ0) is 11.0. The lowest BCUT2D eigenvalue weighted by atomic mass is 10.1. The highest BCUT2D eigenvalue weighted by atomic mass is 16.4. The van der Waals surface area contributed by atoms with E-state index in [2.05, 4.69) is 4.98 Å². The van der Waals surface area contributed by atoms with Crippen molar-refractivity contribution >= 4 is 16.9 Å². The van der Waals surface area contributed by atoms with Gasteiger partial charge in [-0.15, -0.1) is 0 Å². The minimum Gasteiger partial charge on any atom is -0.477 e. The summed E-state index contributed by atoms with van der Waals surface area (Å²) in [5.74, 6) is -0.988. The number of rotatable bonds is 1. The van der Waals surface area contributed by atoms with Crippen molar-refractivity contribution in [2.24, 2.45) is 0 Å². The van der Waals surface area contributed by atoms with Gasteiger partial charge in [0.15, 0.2) is 0 Å². The molecule has 0 atom stereocenters. The summed E-state index contributed by atoms with van der Waals surface area (Å²) in [5.41, 5.74) is 3.03. The number of hydrogen-bond donors (Lipinski definition) is 1. The van der Waals surface area contributed by atoms with Gasteiger partial charge in [0.05, 0.1) is 5.52 Å². The van der Waals surface area contributed by atoms with Gasteiger partial charge in [-0.3, -0.25) is 0 Å². The molecule has 2 aromatic rings. The molecule has 3 heteroatoms. The molecule has 0 fully saturated rings. The second-order valence-electron chi connectivity index (χ2n) is 3.58. The molecule has 1 aromatic carbocycles. The van der Waals surface area contributed by atoms with E-state index in [0.29, 0.717) is 0 Å².